The van der Waals surface area contributed by atoms with Crippen LogP contribution in [0.2, 0.25) is 0 Å². The van der Waals surface area contributed by atoms with Crippen LogP contribution in [0.25, 0.3) is 0 Å². The summed E-state index contributed by atoms with van der Waals surface area (Å²) in [6.45, 7) is 2.03. The fraction of sp³-hybridized carbons (Fsp3) is 0.105. The van der Waals surface area contributed by atoms with Crippen LogP contribution in [0, 0.1) is 17.5 Å². The minimum Gasteiger partial charge on any atom is -0.322 e. The first kappa shape index (κ1) is 18.4. The molecule has 3 aromatic rings. The molecule has 0 radical (unpaired) electrons. The molecule has 0 saturated carbocycles. The van der Waals surface area contributed by atoms with Gasteiger partial charge in [-0.2, -0.15) is 0 Å². The van der Waals surface area contributed by atoms with Crippen LogP contribution in [-0.2, 0) is 6.42 Å². The molecule has 138 valence electrons. The number of benzene rings is 2. The molecule has 1 aromatic heterocycles. The number of rotatable bonds is 5. The number of nitrogens with zero attached hydrogens (tertiary/aromatic N) is 2. The number of aromatic nitrogens is 2. The van der Waals surface area contributed by atoms with Crippen LogP contribution in [0.15, 0.2) is 48.7 Å². The molecular weight excluding hydrogens is 357 g/mol. The summed E-state index contributed by atoms with van der Waals surface area (Å²) in [6, 6.07) is 10.5. The van der Waals surface area contributed by atoms with E-state index in [4.69, 9.17) is 0 Å². The highest BCUT2D eigenvalue weighted by atomic mass is 19.2. The van der Waals surface area contributed by atoms with Crippen LogP contribution in [0.3, 0.4) is 0 Å². The first-order valence-corrected chi connectivity index (χ1v) is 8.11. The summed E-state index contributed by atoms with van der Waals surface area (Å²) >= 11 is 0. The van der Waals surface area contributed by atoms with E-state index in [0.717, 1.165) is 24.1 Å². The normalized spacial score (nSPS) is 10.5. The molecule has 0 saturated heterocycles. The number of hydrogen-bond acceptors (Lipinski definition) is 4. The Morgan fingerprint density at radius 1 is 1.00 bits per heavy atom. The van der Waals surface area contributed by atoms with Gasteiger partial charge in [-0.3, -0.25) is 4.79 Å². The predicted molar refractivity (Wildman–Crippen MR) is 95.4 cm³/mol. The second kappa shape index (κ2) is 7.86. The molecule has 0 bridgehead atoms. The Hall–Kier alpha value is -3.42. The van der Waals surface area contributed by atoms with Gasteiger partial charge in [0.15, 0.2) is 17.5 Å². The van der Waals surface area contributed by atoms with E-state index in [1.807, 2.05) is 19.1 Å². The SMILES string of the molecule is CCc1ccc(NC(=O)c2ccnc(Nc3ccc(F)c(F)c3F)n2)cc1. The van der Waals surface area contributed by atoms with Crippen LogP contribution in [-0.4, -0.2) is 15.9 Å². The molecule has 0 unspecified atom stereocenters. The molecule has 0 atom stereocenters. The minimum absolute atomic E-state index is 0.0232. The number of hydrogen-bond donors (Lipinski definition) is 2. The van der Waals surface area contributed by atoms with Gasteiger partial charge in [-0.05, 0) is 42.3 Å². The molecule has 0 spiro atoms. The third kappa shape index (κ3) is 4.22. The lowest BCUT2D eigenvalue weighted by molar-refractivity contribution is 0.102. The van der Waals surface area contributed by atoms with E-state index in [1.165, 1.54) is 12.3 Å². The van der Waals surface area contributed by atoms with Crippen LogP contribution < -0.4 is 10.6 Å². The van der Waals surface area contributed by atoms with Crippen LogP contribution in [0.1, 0.15) is 23.0 Å². The van der Waals surface area contributed by atoms with Crippen LogP contribution in [0.4, 0.5) is 30.5 Å². The van der Waals surface area contributed by atoms with E-state index in [9.17, 15) is 18.0 Å². The van der Waals surface area contributed by atoms with E-state index in [-0.39, 0.29) is 17.3 Å². The van der Waals surface area contributed by atoms with Crippen LogP contribution in [0.5, 0.6) is 0 Å². The van der Waals surface area contributed by atoms with E-state index in [2.05, 4.69) is 20.6 Å². The van der Waals surface area contributed by atoms with Gasteiger partial charge in [-0.25, -0.2) is 23.1 Å². The van der Waals surface area contributed by atoms with Gasteiger partial charge in [-0.15, -0.1) is 0 Å². The number of anilines is 3. The van der Waals surface area contributed by atoms with Crippen molar-refractivity contribution in [1.82, 2.24) is 9.97 Å². The van der Waals surface area contributed by atoms with Crippen molar-refractivity contribution in [3.05, 3.63) is 77.4 Å². The van der Waals surface area contributed by atoms with Crippen molar-refractivity contribution < 1.29 is 18.0 Å². The van der Waals surface area contributed by atoms with Gasteiger partial charge in [0.05, 0.1) is 5.69 Å². The fourth-order valence-electron chi connectivity index (χ4n) is 2.31. The van der Waals surface area contributed by atoms with Crippen LogP contribution >= 0.6 is 0 Å². The number of carbonyl (C=O) groups is 1. The Morgan fingerprint density at radius 3 is 2.44 bits per heavy atom. The molecule has 1 heterocycles. The fourth-order valence-corrected chi connectivity index (χ4v) is 2.31. The second-order valence-corrected chi connectivity index (χ2v) is 5.62. The minimum atomic E-state index is -1.61. The Bertz CT molecular complexity index is 977. The monoisotopic (exact) mass is 372 g/mol. The standard InChI is InChI=1S/C19H15F3N4O/c1-2-11-3-5-12(6-4-11)24-18(27)15-9-10-23-19(26-15)25-14-8-7-13(20)16(21)17(14)22/h3-10H,2H2,1H3,(H,24,27)(H,23,25,26). The molecule has 27 heavy (non-hydrogen) atoms. The van der Waals surface area contributed by atoms with Crippen molar-refractivity contribution in [2.45, 2.75) is 13.3 Å². The first-order chi connectivity index (χ1) is 13.0. The Labute approximate surface area is 153 Å². The third-order valence-corrected chi connectivity index (χ3v) is 3.79. The lowest BCUT2D eigenvalue weighted by atomic mass is 10.1. The highest BCUT2D eigenvalue weighted by Gasteiger charge is 2.15. The summed E-state index contributed by atoms with van der Waals surface area (Å²) < 4.78 is 40.0. The average Bonchev–Trinajstić information content (AvgIpc) is 2.69. The van der Waals surface area contributed by atoms with E-state index >= 15 is 0 Å². The van der Waals surface area contributed by atoms with Gasteiger partial charge in [-0.1, -0.05) is 19.1 Å². The summed E-state index contributed by atoms with van der Waals surface area (Å²) in [7, 11) is 0. The third-order valence-electron chi connectivity index (χ3n) is 3.79. The molecule has 1 amide bonds. The Kier molecular flexibility index (Phi) is 5.35. The average molecular weight is 372 g/mol. The van der Waals surface area contributed by atoms with Gasteiger partial charge in [0, 0.05) is 11.9 Å². The summed E-state index contributed by atoms with van der Waals surface area (Å²) in [6.07, 6.45) is 2.18. The largest absolute Gasteiger partial charge is 0.322 e. The van der Waals surface area contributed by atoms with Gasteiger partial charge in [0.25, 0.3) is 5.91 Å². The quantitative estimate of drug-likeness (QED) is 0.650. The lowest BCUT2D eigenvalue weighted by Gasteiger charge is -2.09. The lowest BCUT2D eigenvalue weighted by Crippen LogP contribution is -2.15. The maximum Gasteiger partial charge on any atom is 0.274 e. The molecule has 0 fully saturated rings. The Balaban J connectivity index is 1.76. The van der Waals surface area contributed by atoms with Crippen molar-refractivity contribution >= 4 is 23.2 Å². The van der Waals surface area contributed by atoms with Crippen molar-refractivity contribution in [3.63, 3.8) is 0 Å². The molecular formula is C19H15F3N4O. The predicted octanol–water partition coefficient (Wildman–Crippen LogP) is 4.45. The second-order valence-electron chi connectivity index (χ2n) is 5.62. The van der Waals surface area contributed by atoms with E-state index in [0.29, 0.717) is 5.69 Å². The summed E-state index contributed by atoms with van der Waals surface area (Å²) in [5, 5.41) is 5.12. The zero-order chi connectivity index (χ0) is 19.4. The summed E-state index contributed by atoms with van der Waals surface area (Å²) in [4.78, 5) is 20.2. The van der Waals surface area contributed by atoms with Gasteiger partial charge in [0.2, 0.25) is 5.95 Å². The van der Waals surface area contributed by atoms with Gasteiger partial charge >= 0.3 is 0 Å². The molecule has 0 aliphatic heterocycles. The molecule has 3 rings (SSSR count). The van der Waals surface area contributed by atoms with Crippen molar-refractivity contribution in [1.29, 1.82) is 0 Å². The number of halogens is 3. The highest BCUT2D eigenvalue weighted by molar-refractivity contribution is 6.03. The maximum atomic E-state index is 13.7. The summed E-state index contributed by atoms with van der Waals surface area (Å²) in [5.41, 5.74) is 1.41. The zero-order valence-electron chi connectivity index (χ0n) is 14.3. The number of nitrogens with one attached hydrogen (secondary N) is 2. The molecule has 8 heteroatoms. The smallest absolute Gasteiger partial charge is 0.274 e. The number of carbonyl (C=O) groups excluding carboxylic acids is 1. The molecule has 5 nitrogen and oxygen atoms in total. The van der Waals surface area contributed by atoms with E-state index in [1.54, 1.807) is 12.1 Å². The molecule has 2 N–H and O–H groups in total. The molecule has 0 aliphatic rings. The number of aryl methyl sites for hydroxylation is 1. The van der Waals surface area contributed by atoms with Crippen molar-refractivity contribution in [3.8, 4) is 0 Å². The highest BCUT2D eigenvalue weighted by Crippen LogP contribution is 2.22. The van der Waals surface area contributed by atoms with Gasteiger partial charge < -0.3 is 10.6 Å². The topological polar surface area (TPSA) is 66.9 Å². The molecule has 2 aromatic carbocycles. The van der Waals surface area contributed by atoms with Gasteiger partial charge in [0.1, 0.15) is 5.69 Å². The van der Waals surface area contributed by atoms with E-state index < -0.39 is 23.4 Å². The Morgan fingerprint density at radius 2 is 1.74 bits per heavy atom. The number of amides is 1. The maximum absolute atomic E-state index is 13.7. The molecule has 0 aliphatic carbocycles. The van der Waals surface area contributed by atoms with Crippen molar-refractivity contribution in [2.24, 2.45) is 0 Å². The zero-order valence-corrected chi connectivity index (χ0v) is 14.3. The van der Waals surface area contributed by atoms with Crippen molar-refractivity contribution in [2.75, 3.05) is 10.6 Å². The summed E-state index contributed by atoms with van der Waals surface area (Å²) in [5.74, 6) is -4.93. The first-order valence-electron chi connectivity index (χ1n) is 8.11.